The molecule has 0 saturated heterocycles. The molecule has 0 aromatic heterocycles. The number of aliphatic hydroxyl groups excluding tert-OH is 2. The van der Waals surface area contributed by atoms with Crippen LogP contribution in [0.25, 0.3) is 0 Å². The third-order valence-corrected chi connectivity index (χ3v) is 8.10. The summed E-state index contributed by atoms with van der Waals surface area (Å²) in [5, 5.41) is 30.1. The lowest BCUT2D eigenvalue weighted by Crippen LogP contribution is -2.28. The zero-order valence-corrected chi connectivity index (χ0v) is 20.0. The first-order valence-electron chi connectivity index (χ1n) is 11.6. The molecule has 4 nitrogen and oxygen atoms in total. The Labute approximate surface area is 187 Å². The van der Waals surface area contributed by atoms with E-state index < -0.39 is 12.1 Å². The number of rotatable bonds is 12. The molecule has 0 bridgehead atoms. The zero-order chi connectivity index (χ0) is 22.3. The van der Waals surface area contributed by atoms with Gasteiger partial charge in [-0.1, -0.05) is 37.6 Å². The highest BCUT2D eigenvalue weighted by Crippen LogP contribution is 2.51. The van der Waals surface area contributed by atoms with Crippen molar-refractivity contribution in [1.82, 2.24) is 0 Å². The van der Waals surface area contributed by atoms with Gasteiger partial charge in [-0.2, -0.15) is 11.8 Å². The fraction of sp³-hybridized carbons (Fsp3) is 0.800. The highest BCUT2D eigenvalue weighted by molar-refractivity contribution is 7.99. The largest absolute Gasteiger partial charge is 0.481 e. The topological polar surface area (TPSA) is 77.8 Å². The number of unbranched alkanes of at least 4 members (excludes halogenated alkanes) is 1. The van der Waals surface area contributed by atoms with Crippen LogP contribution >= 0.6 is 11.8 Å². The molecule has 2 aliphatic carbocycles. The van der Waals surface area contributed by atoms with E-state index in [0.29, 0.717) is 17.8 Å². The summed E-state index contributed by atoms with van der Waals surface area (Å²) in [5.41, 5.74) is 1.17. The lowest BCUT2D eigenvalue weighted by Gasteiger charge is -2.29. The summed E-state index contributed by atoms with van der Waals surface area (Å²) in [6, 6.07) is 0. The van der Waals surface area contributed by atoms with Crippen LogP contribution in [0.5, 0.6) is 0 Å². The van der Waals surface area contributed by atoms with E-state index in [9.17, 15) is 15.0 Å². The summed E-state index contributed by atoms with van der Waals surface area (Å²) in [5.74, 6) is 2.20. The Balaban J connectivity index is 1.83. The van der Waals surface area contributed by atoms with E-state index in [0.717, 1.165) is 50.7 Å². The molecule has 0 aromatic rings. The minimum atomic E-state index is -0.741. The molecule has 3 N–H and O–H groups in total. The molecule has 2 saturated carbocycles. The first-order valence-corrected chi connectivity index (χ1v) is 12.7. The van der Waals surface area contributed by atoms with Crippen LogP contribution in [0, 0.1) is 29.1 Å². The van der Waals surface area contributed by atoms with Gasteiger partial charge in [0.05, 0.1) is 18.0 Å². The van der Waals surface area contributed by atoms with Crippen molar-refractivity contribution in [2.45, 2.75) is 84.8 Å². The summed E-state index contributed by atoms with van der Waals surface area (Å²) in [7, 11) is 0. The molecule has 30 heavy (non-hydrogen) atoms. The highest BCUT2D eigenvalue weighted by atomic mass is 32.2. The molecular formula is C25H42O4S. The molecule has 2 fully saturated rings. The minimum Gasteiger partial charge on any atom is -0.481 e. The smallest absolute Gasteiger partial charge is 0.313 e. The standard InChI is InChI=1S/C25H42O4S/c1-17(2)7-5-6-11-25(3,4)23(27)9-8-20-21-14-18(10-12-30-16-24(28)29)13-19(21)15-22(20)26/h7-9,18-23,26-27H,5-6,10-16H2,1-4H3,(H,28,29)/t18?,19-,20-,21+,22-,23?/m0/s1. The molecule has 0 aliphatic heterocycles. The van der Waals surface area contributed by atoms with Crippen molar-refractivity contribution in [3.63, 3.8) is 0 Å². The van der Waals surface area contributed by atoms with Crippen molar-refractivity contribution in [2.24, 2.45) is 29.1 Å². The molecular weight excluding hydrogens is 396 g/mol. The van der Waals surface area contributed by atoms with Crippen LogP contribution in [-0.4, -0.2) is 45.0 Å². The fourth-order valence-electron chi connectivity index (χ4n) is 5.28. The third-order valence-electron chi connectivity index (χ3n) is 7.12. The van der Waals surface area contributed by atoms with E-state index in [1.54, 1.807) is 0 Å². The average Bonchev–Trinajstić information content (AvgIpc) is 3.16. The lowest BCUT2D eigenvalue weighted by atomic mass is 9.80. The average molecular weight is 439 g/mol. The van der Waals surface area contributed by atoms with E-state index in [2.05, 4.69) is 39.8 Å². The quantitative estimate of drug-likeness (QED) is 0.285. The van der Waals surface area contributed by atoms with Crippen LogP contribution in [0.4, 0.5) is 0 Å². The molecule has 172 valence electrons. The Hall–Kier alpha value is -0.780. The second-order valence-corrected chi connectivity index (χ2v) is 11.5. The SMILES string of the molecule is CC(C)=CCCCC(C)(C)C(O)C=C[C@H]1[C@@H]2CC(CCSCC(=O)O)C[C@H]2C[C@@H]1O. The third kappa shape index (κ3) is 7.72. The number of hydrogen-bond acceptors (Lipinski definition) is 4. The Morgan fingerprint density at radius 3 is 2.63 bits per heavy atom. The van der Waals surface area contributed by atoms with Crippen LogP contribution in [0.15, 0.2) is 23.8 Å². The van der Waals surface area contributed by atoms with Crippen LogP contribution < -0.4 is 0 Å². The van der Waals surface area contributed by atoms with Gasteiger partial charge in [0.2, 0.25) is 0 Å². The number of carboxylic acids is 1. The lowest BCUT2D eigenvalue weighted by molar-refractivity contribution is -0.133. The molecule has 6 atom stereocenters. The van der Waals surface area contributed by atoms with Crippen molar-refractivity contribution in [1.29, 1.82) is 0 Å². The van der Waals surface area contributed by atoms with Crippen molar-refractivity contribution < 1.29 is 20.1 Å². The molecule has 0 radical (unpaired) electrons. The zero-order valence-electron chi connectivity index (χ0n) is 19.2. The molecule has 2 rings (SSSR count). The predicted octanol–water partition coefficient (Wildman–Crippen LogP) is 5.30. The van der Waals surface area contributed by atoms with Crippen molar-refractivity contribution in [3.8, 4) is 0 Å². The maximum atomic E-state index is 10.8. The number of aliphatic hydroxyl groups is 2. The van der Waals surface area contributed by atoms with Gasteiger partial charge >= 0.3 is 5.97 Å². The van der Waals surface area contributed by atoms with Gasteiger partial charge in [0, 0.05) is 5.92 Å². The number of thioether (sulfide) groups is 1. The van der Waals surface area contributed by atoms with Crippen molar-refractivity contribution in [3.05, 3.63) is 23.8 Å². The van der Waals surface area contributed by atoms with Crippen LogP contribution in [0.3, 0.4) is 0 Å². The minimum absolute atomic E-state index is 0.141. The van der Waals surface area contributed by atoms with Gasteiger partial charge < -0.3 is 15.3 Å². The second-order valence-electron chi connectivity index (χ2n) is 10.4. The van der Waals surface area contributed by atoms with E-state index in [1.807, 2.05) is 6.08 Å². The first kappa shape index (κ1) is 25.5. The van der Waals surface area contributed by atoms with Crippen LogP contribution in [0.1, 0.15) is 72.6 Å². The number of carboxylic acid groups (broad SMARTS) is 1. The van der Waals surface area contributed by atoms with Gasteiger partial charge in [0.15, 0.2) is 0 Å². The van der Waals surface area contributed by atoms with Gasteiger partial charge in [-0.25, -0.2) is 0 Å². The second kappa shape index (κ2) is 11.7. The number of hydrogen-bond donors (Lipinski definition) is 3. The van der Waals surface area contributed by atoms with E-state index in [1.165, 1.54) is 17.3 Å². The van der Waals surface area contributed by atoms with Gasteiger partial charge in [0.1, 0.15) is 0 Å². The maximum Gasteiger partial charge on any atom is 0.313 e. The Bertz CT molecular complexity index is 608. The molecule has 2 aliphatic rings. The van der Waals surface area contributed by atoms with Crippen molar-refractivity contribution in [2.75, 3.05) is 11.5 Å². The first-order chi connectivity index (χ1) is 14.1. The van der Waals surface area contributed by atoms with Crippen LogP contribution in [-0.2, 0) is 4.79 Å². The number of allylic oxidation sites excluding steroid dienone is 2. The monoisotopic (exact) mass is 438 g/mol. The van der Waals surface area contributed by atoms with E-state index in [4.69, 9.17) is 5.11 Å². The highest BCUT2D eigenvalue weighted by Gasteiger charge is 2.46. The molecule has 0 aromatic carbocycles. The van der Waals surface area contributed by atoms with E-state index in [-0.39, 0.29) is 23.2 Å². The summed E-state index contributed by atoms with van der Waals surface area (Å²) in [4.78, 5) is 10.7. The Morgan fingerprint density at radius 2 is 1.97 bits per heavy atom. The molecule has 0 amide bonds. The van der Waals surface area contributed by atoms with Gasteiger partial charge in [-0.3, -0.25) is 4.79 Å². The van der Waals surface area contributed by atoms with Crippen LogP contribution in [0.2, 0.25) is 0 Å². The maximum absolute atomic E-state index is 10.8. The summed E-state index contributed by atoms with van der Waals surface area (Å²) < 4.78 is 0. The normalized spacial score (nSPS) is 29.9. The Morgan fingerprint density at radius 1 is 1.23 bits per heavy atom. The molecule has 2 unspecified atom stereocenters. The summed E-state index contributed by atoms with van der Waals surface area (Å²) >= 11 is 1.50. The summed E-state index contributed by atoms with van der Waals surface area (Å²) in [6.45, 7) is 8.48. The Kier molecular flexibility index (Phi) is 9.96. The number of fused-ring (bicyclic) bond motifs is 1. The number of aliphatic carboxylic acids is 1. The van der Waals surface area contributed by atoms with Gasteiger partial charge in [-0.05, 0) is 87.7 Å². The predicted molar refractivity (Wildman–Crippen MR) is 126 cm³/mol. The number of carbonyl (C=O) groups is 1. The van der Waals surface area contributed by atoms with Gasteiger partial charge in [0.25, 0.3) is 0 Å². The van der Waals surface area contributed by atoms with E-state index >= 15 is 0 Å². The molecule has 0 spiro atoms. The fourth-order valence-corrected chi connectivity index (χ4v) is 6.10. The van der Waals surface area contributed by atoms with Crippen molar-refractivity contribution >= 4 is 17.7 Å². The van der Waals surface area contributed by atoms with Gasteiger partial charge in [-0.15, -0.1) is 0 Å². The summed E-state index contributed by atoms with van der Waals surface area (Å²) in [6.07, 6.45) is 12.8. The molecule has 5 heteroatoms. The molecule has 0 heterocycles.